The normalized spacial score (nSPS) is 16.6. The van der Waals surface area contributed by atoms with Crippen LogP contribution in [0.5, 0.6) is 11.5 Å². The Morgan fingerprint density at radius 2 is 1.09 bits per heavy atom. The Bertz CT molecular complexity index is 4430. The van der Waals surface area contributed by atoms with Gasteiger partial charge in [0, 0.05) is 35.2 Å². The quantitative estimate of drug-likeness (QED) is 0.173. The third-order valence-corrected chi connectivity index (χ3v) is 15.8. The summed E-state index contributed by atoms with van der Waals surface area (Å²) in [5.41, 5.74) is 17.4. The number of imidazole rings is 2. The van der Waals surface area contributed by atoms with Gasteiger partial charge in [-0.2, -0.15) is 0 Å². The van der Waals surface area contributed by atoms with Crippen LogP contribution in [-0.4, -0.2) is 14.0 Å². The lowest BCUT2D eigenvalue weighted by Gasteiger charge is -2.46. The van der Waals surface area contributed by atoms with Gasteiger partial charge >= 0.3 is 0 Å². The molecule has 1 unspecified atom stereocenters. The van der Waals surface area contributed by atoms with Crippen molar-refractivity contribution in [3.05, 3.63) is 246 Å². The highest BCUT2D eigenvalue weighted by Crippen LogP contribution is 2.63. The molecule has 0 radical (unpaired) electrons. The lowest BCUT2D eigenvalue weighted by Crippen LogP contribution is -2.37. The summed E-state index contributed by atoms with van der Waals surface area (Å²) in [5, 5.41) is 0. The van der Waals surface area contributed by atoms with Gasteiger partial charge in [-0.05, 0) is 140 Å². The number of fused-ring (bicyclic) bond motifs is 21. The molecule has 10 aromatic carbocycles. The Labute approximate surface area is 412 Å². The maximum atomic E-state index is 9.22. The van der Waals surface area contributed by atoms with E-state index in [1.807, 2.05) is 60.7 Å². The molecule has 1 atom stereocenters. The summed E-state index contributed by atoms with van der Waals surface area (Å²) in [5.74, 6) is 2.01. The first-order valence-corrected chi connectivity index (χ1v) is 24.0. The largest absolute Gasteiger partial charge is 0.457 e. The summed E-state index contributed by atoms with van der Waals surface area (Å²) in [6, 6.07) is 71.9. The number of benzene rings is 10. The number of hydrogen-bond donors (Lipinski definition) is 0. The first kappa shape index (κ1) is 33.2. The summed E-state index contributed by atoms with van der Waals surface area (Å²) < 4.78 is 65.0. The molecule has 69 heavy (non-hydrogen) atoms. The smallest absolute Gasteiger partial charge is 0.220 e. The molecule has 0 saturated carbocycles. The van der Waals surface area contributed by atoms with Gasteiger partial charge in [0.05, 0.1) is 33.2 Å². The molecule has 3 aliphatic rings. The van der Waals surface area contributed by atoms with E-state index >= 15 is 0 Å². The van der Waals surface area contributed by atoms with Gasteiger partial charge in [-0.3, -0.25) is 8.97 Å². The van der Waals surface area contributed by atoms with Gasteiger partial charge < -0.3 is 4.74 Å². The van der Waals surface area contributed by atoms with Crippen LogP contribution in [0.4, 0.5) is 0 Å². The van der Waals surface area contributed by atoms with Crippen molar-refractivity contribution >= 4 is 39.6 Å². The van der Waals surface area contributed by atoms with Crippen LogP contribution in [0.1, 0.15) is 41.6 Å². The van der Waals surface area contributed by atoms with Crippen LogP contribution in [0.3, 0.4) is 0 Å². The zero-order chi connectivity index (χ0) is 50.5. The summed E-state index contributed by atoms with van der Waals surface area (Å²) in [6.45, 7) is -4.94. The minimum atomic E-state index is -2.53. The van der Waals surface area contributed by atoms with Crippen LogP contribution in [0.15, 0.2) is 222 Å². The molecule has 0 N–H and O–H groups in total. The van der Waals surface area contributed by atoms with Crippen LogP contribution in [0, 0.1) is 13.7 Å². The van der Waals surface area contributed by atoms with E-state index in [9.17, 15) is 4.11 Å². The maximum absolute atomic E-state index is 9.22. The van der Waals surface area contributed by atoms with E-state index in [0.29, 0.717) is 17.1 Å². The lowest BCUT2D eigenvalue weighted by atomic mass is 9.62. The zero-order valence-corrected chi connectivity index (χ0v) is 37.7. The van der Waals surface area contributed by atoms with E-state index in [1.165, 1.54) is 11.8 Å². The summed E-state index contributed by atoms with van der Waals surface area (Å²) >= 11 is 1.44. The number of aryl methyl sites for hydroxylation is 2. The van der Waals surface area contributed by atoms with Crippen LogP contribution in [-0.2, 0) is 5.41 Å². The predicted molar refractivity (Wildman–Crippen MR) is 282 cm³/mol. The molecule has 0 bridgehead atoms. The monoisotopic (exact) mass is 905 g/mol. The van der Waals surface area contributed by atoms with E-state index < -0.39 is 19.1 Å². The van der Waals surface area contributed by atoms with Gasteiger partial charge in [0.15, 0.2) is 0 Å². The molecular formula is C64H41N3OS. The average molecular weight is 906 g/mol. The Hall–Kier alpha value is -8.38. The van der Waals surface area contributed by atoms with Crippen LogP contribution >= 0.6 is 11.8 Å². The van der Waals surface area contributed by atoms with E-state index in [2.05, 4.69) is 142 Å². The van der Waals surface area contributed by atoms with Crippen molar-refractivity contribution in [2.45, 2.75) is 28.9 Å². The second kappa shape index (κ2) is 14.3. The third-order valence-electron chi connectivity index (χ3n) is 14.7. The average Bonchev–Trinajstić information content (AvgIpc) is 3.97. The van der Waals surface area contributed by atoms with E-state index in [4.69, 9.17) is 13.8 Å². The van der Waals surface area contributed by atoms with Gasteiger partial charge in [0.1, 0.15) is 11.5 Å². The summed E-state index contributed by atoms with van der Waals surface area (Å²) in [4.78, 5) is 6.63. The van der Waals surface area contributed by atoms with Crippen molar-refractivity contribution < 1.29 is 13.0 Å². The molecule has 0 fully saturated rings. The first-order valence-electron chi connectivity index (χ1n) is 26.2. The molecule has 4 heterocycles. The number of nitrogens with zero attached hydrogens (tertiary/aromatic N) is 3. The fourth-order valence-corrected chi connectivity index (χ4v) is 13.2. The molecule has 0 amide bonds. The zero-order valence-electron chi connectivity index (χ0n) is 42.9. The molecule has 1 spiro atoms. The van der Waals surface area contributed by atoms with Crippen molar-refractivity contribution in [3.8, 4) is 72.8 Å². The van der Waals surface area contributed by atoms with Gasteiger partial charge in [0.2, 0.25) is 5.78 Å². The van der Waals surface area contributed by atoms with Crippen LogP contribution in [0.2, 0.25) is 0 Å². The molecule has 324 valence electrons. The van der Waals surface area contributed by atoms with Crippen molar-refractivity contribution in [2.24, 2.45) is 0 Å². The number of para-hydroxylation sites is 5. The van der Waals surface area contributed by atoms with E-state index in [-0.39, 0.29) is 11.1 Å². The highest BCUT2D eigenvalue weighted by molar-refractivity contribution is 7.99. The third kappa shape index (κ3) is 5.28. The van der Waals surface area contributed by atoms with Gasteiger partial charge in [-0.15, -0.1) is 0 Å². The first-order chi connectivity index (χ1) is 36.5. The van der Waals surface area contributed by atoms with E-state index in [1.54, 1.807) is 18.2 Å². The minimum Gasteiger partial charge on any atom is -0.457 e. The summed E-state index contributed by atoms with van der Waals surface area (Å²) in [7, 11) is 0. The van der Waals surface area contributed by atoms with Crippen molar-refractivity contribution in [1.29, 1.82) is 0 Å². The Balaban J connectivity index is 1.03. The second-order valence-electron chi connectivity index (χ2n) is 18.2. The second-order valence-corrected chi connectivity index (χ2v) is 19.2. The molecule has 15 rings (SSSR count). The Kier molecular flexibility index (Phi) is 6.88. The van der Waals surface area contributed by atoms with Gasteiger partial charge in [-0.25, -0.2) is 4.98 Å². The number of rotatable bonds is 2. The van der Waals surface area contributed by atoms with Crippen molar-refractivity contribution in [1.82, 2.24) is 14.0 Å². The maximum Gasteiger partial charge on any atom is 0.220 e. The standard InChI is InChI=1S/C64H41N3OS/c1-38-27-32-52-60(35-38)69-62-53(33-28-39(2)61(62)40-29-31-48-46-19-6-5-17-44(46)42-15-3-4-16-43(42)45-18-7-8-20-47(45)49(48)36-40)64(52)50-21-9-14-26-58(50)68-59-37-41(30-34-51(59)64)66-56-24-12-13-25-57(56)67-55-23-11-10-22-54(55)65-63(66)67/h3-37H,1-2H3/i1D3,2D3. The molecule has 5 heteroatoms. The molecule has 12 aromatic rings. The molecular weight excluding hydrogens is 859 g/mol. The Morgan fingerprint density at radius 3 is 1.83 bits per heavy atom. The Morgan fingerprint density at radius 1 is 0.478 bits per heavy atom. The minimum absolute atomic E-state index is 0.198. The molecule has 0 saturated heterocycles. The van der Waals surface area contributed by atoms with Gasteiger partial charge in [0.25, 0.3) is 0 Å². The molecule has 2 aromatic heterocycles. The molecule has 2 aliphatic heterocycles. The van der Waals surface area contributed by atoms with E-state index in [0.717, 1.165) is 116 Å². The van der Waals surface area contributed by atoms with Crippen molar-refractivity contribution in [3.63, 3.8) is 0 Å². The fraction of sp³-hybridized carbons (Fsp3) is 0.0469. The highest BCUT2D eigenvalue weighted by atomic mass is 32.2. The van der Waals surface area contributed by atoms with Crippen molar-refractivity contribution in [2.75, 3.05) is 0 Å². The molecule has 4 nitrogen and oxygen atoms in total. The summed E-state index contributed by atoms with van der Waals surface area (Å²) in [6.07, 6.45) is 0. The number of aromatic nitrogens is 3. The highest BCUT2D eigenvalue weighted by Gasteiger charge is 2.50. The van der Waals surface area contributed by atoms with Crippen LogP contribution < -0.4 is 4.74 Å². The van der Waals surface area contributed by atoms with Crippen LogP contribution in [0.25, 0.3) is 89.2 Å². The fourth-order valence-electron chi connectivity index (χ4n) is 11.8. The SMILES string of the molecule is [2H]C([2H])([2H])c1ccc2c(c1)Sc1c(ccc(C([2H])([2H])[2H])c1-c1ccc3c(c1)-c1ccccc1-c1ccccc1-c1ccccc1-3)C21c2ccccc2Oc2cc(-n3c4ccccc4n4c5ccccc5nc34)ccc21. The predicted octanol–water partition coefficient (Wildman–Crippen LogP) is 16.6. The number of hydrogen-bond acceptors (Lipinski definition) is 3. The van der Waals surface area contributed by atoms with Gasteiger partial charge in [-0.1, -0.05) is 169 Å². The topological polar surface area (TPSA) is 31.5 Å². The number of ether oxygens (including phenoxy) is 1. The molecule has 1 aliphatic carbocycles. The lowest BCUT2D eigenvalue weighted by molar-refractivity contribution is 0.431.